The van der Waals surface area contributed by atoms with Crippen LogP contribution in [-0.2, 0) is 0 Å². The second kappa shape index (κ2) is 4.33. The third kappa shape index (κ3) is 2.06. The molecule has 0 aliphatic heterocycles. The number of hydrogen-bond acceptors (Lipinski definition) is 4. The number of anilines is 1. The first-order valence-electron chi connectivity index (χ1n) is 4.71. The average Bonchev–Trinajstić information content (AvgIpc) is 2.73. The van der Waals surface area contributed by atoms with Gasteiger partial charge in [0, 0.05) is 30.6 Å². The number of rotatable bonds is 3. The first-order chi connectivity index (χ1) is 7.22. The molecule has 2 rings (SSSR count). The second-order valence-electron chi connectivity index (χ2n) is 3.47. The molecule has 1 unspecified atom stereocenters. The minimum atomic E-state index is 0.240. The molecule has 2 heterocycles. The molecule has 0 saturated heterocycles. The van der Waals surface area contributed by atoms with Crippen molar-refractivity contribution in [1.29, 1.82) is 0 Å². The Morgan fingerprint density at radius 1 is 1.60 bits per heavy atom. The van der Waals surface area contributed by atoms with Gasteiger partial charge in [0.25, 0.3) is 0 Å². The van der Waals surface area contributed by atoms with E-state index in [0.717, 1.165) is 16.2 Å². The molecule has 0 spiro atoms. The lowest BCUT2D eigenvalue weighted by molar-refractivity contribution is 0.738. The standard InChI is InChI=1S/C10H12ClN3S/c1-7(5-11)14(2)10-12-6-8-3-4-15-9(8)13-10/h3-4,6-7H,5H2,1-2H3. The van der Waals surface area contributed by atoms with Crippen LogP contribution in [0.4, 0.5) is 5.95 Å². The Hall–Kier alpha value is -0.870. The van der Waals surface area contributed by atoms with E-state index in [-0.39, 0.29) is 6.04 Å². The summed E-state index contributed by atoms with van der Waals surface area (Å²) in [6.07, 6.45) is 1.85. The quantitative estimate of drug-likeness (QED) is 0.774. The maximum absolute atomic E-state index is 5.80. The number of alkyl halides is 1. The monoisotopic (exact) mass is 241 g/mol. The van der Waals surface area contributed by atoms with Gasteiger partial charge in [0.2, 0.25) is 5.95 Å². The highest BCUT2D eigenvalue weighted by atomic mass is 35.5. The zero-order valence-corrected chi connectivity index (χ0v) is 10.2. The minimum Gasteiger partial charge on any atom is -0.340 e. The molecule has 2 aromatic heterocycles. The smallest absolute Gasteiger partial charge is 0.226 e. The zero-order valence-electron chi connectivity index (χ0n) is 8.64. The lowest BCUT2D eigenvalue weighted by atomic mass is 10.3. The third-order valence-corrected chi connectivity index (χ3v) is 3.66. The van der Waals surface area contributed by atoms with Gasteiger partial charge in [0.15, 0.2) is 0 Å². The second-order valence-corrected chi connectivity index (χ2v) is 4.67. The topological polar surface area (TPSA) is 29.0 Å². The summed E-state index contributed by atoms with van der Waals surface area (Å²) in [5, 5.41) is 3.12. The molecule has 0 fully saturated rings. The summed E-state index contributed by atoms with van der Waals surface area (Å²) in [5.74, 6) is 1.31. The molecule has 0 aliphatic rings. The fourth-order valence-corrected chi connectivity index (χ4v) is 2.16. The van der Waals surface area contributed by atoms with E-state index in [1.807, 2.05) is 29.6 Å². The van der Waals surface area contributed by atoms with Crippen LogP contribution in [-0.4, -0.2) is 28.9 Å². The summed E-state index contributed by atoms with van der Waals surface area (Å²) in [4.78, 5) is 11.8. The highest BCUT2D eigenvalue weighted by Gasteiger charge is 2.11. The average molecular weight is 242 g/mol. The summed E-state index contributed by atoms with van der Waals surface area (Å²) in [6, 6.07) is 2.26. The molecule has 0 aliphatic carbocycles. The normalized spacial score (nSPS) is 13.0. The van der Waals surface area contributed by atoms with E-state index < -0.39 is 0 Å². The number of fused-ring (bicyclic) bond motifs is 1. The maximum atomic E-state index is 5.80. The molecule has 2 aromatic rings. The van der Waals surface area contributed by atoms with Gasteiger partial charge in [-0.3, -0.25) is 0 Å². The molecule has 0 bridgehead atoms. The molecule has 1 atom stereocenters. The van der Waals surface area contributed by atoms with E-state index >= 15 is 0 Å². The Morgan fingerprint density at radius 3 is 3.13 bits per heavy atom. The van der Waals surface area contributed by atoms with Gasteiger partial charge >= 0.3 is 0 Å². The van der Waals surface area contributed by atoms with Crippen molar-refractivity contribution in [2.75, 3.05) is 17.8 Å². The van der Waals surface area contributed by atoms with E-state index in [0.29, 0.717) is 5.88 Å². The lowest BCUT2D eigenvalue weighted by Crippen LogP contribution is -2.31. The predicted octanol–water partition coefficient (Wildman–Crippen LogP) is 2.75. The molecule has 5 heteroatoms. The minimum absolute atomic E-state index is 0.240. The van der Waals surface area contributed by atoms with Crippen LogP contribution in [0.3, 0.4) is 0 Å². The van der Waals surface area contributed by atoms with Gasteiger partial charge in [-0.2, -0.15) is 0 Å². The van der Waals surface area contributed by atoms with Crippen LogP contribution in [0.5, 0.6) is 0 Å². The van der Waals surface area contributed by atoms with Gasteiger partial charge in [0.05, 0.1) is 0 Å². The van der Waals surface area contributed by atoms with Gasteiger partial charge in [-0.1, -0.05) is 0 Å². The van der Waals surface area contributed by atoms with Crippen molar-refractivity contribution >= 4 is 39.1 Å². The molecule has 15 heavy (non-hydrogen) atoms. The van der Waals surface area contributed by atoms with Crippen molar-refractivity contribution < 1.29 is 0 Å². The van der Waals surface area contributed by atoms with E-state index in [9.17, 15) is 0 Å². The highest BCUT2D eigenvalue weighted by molar-refractivity contribution is 7.16. The van der Waals surface area contributed by atoms with Gasteiger partial charge in [-0.05, 0) is 18.4 Å². The number of thiophene rings is 1. The van der Waals surface area contributed by atoms with Crippen molar-refractivity contribution in [3.8, 4) is 0 Å². The molecule has 0 N–H and O–H groups in total. The van der Waals surface area contributed by atoms with Crippen molar-refractivity contribution in [1.82, 2.24) is 9.97 Å². The zero-order chi connectivity index (χ0) is 10.8. The molecule has 3 nitrogen and oxygen atoms in total. The van der Waals surface area contributed by atoms with Crippen LogP contribution in [0.15, 0.2) is 17.6 Å². The van der Waals surface area contributed by atoms with Crippen molar-refractivity contribution in [2.45, 2.75) is 13.0 Å². The lowest BCUT2D eigenvalue weighted by Gasteiger charge is -2.22. The van der Waals surface area contributed by atoms with Crippen molar-refractivity contribution in [3.63, 3.8) is 0 Å². The number of aromatic nitrogens is 2. The summed E-state index contributed by atoms with van der Waals surface area (Å²) in [5.41, 5.74) is 0. The van der Waals surface area contributed by atoms with Gasteiger partial charge in [0.1, 0.15) is 4.83 Å². The van der Waals surface area contributed by atoms with Crippen LogP contribution in [0.1, 0.15) is 6.92 Å². The molecule has 0 aromatic carbocycles. The van der Waals surface area contributed by atoms with Crippen LogP contribution < -0.4 is 4.90 Å². The van der Waals surface area contributed by atoms with Gasteiger partial charge in [-0.15, -0.1) is 22.9 Å². The van der Waals surface area contributed by atoms with E-state index in [1.54, 1.807) is 11.3 Å². The molecular formula is C10H12ClN3S. The van der Waals surface area contributed by atoms with Gasteiger partial charge in [-0.25, -0.2) is 9.97 Å². The first-order valence-corrected chi connectivity index (χ1v) is 6.13. The SMILES string of the molecule is CC(CCl)N(C)c1ncc2ccsc2n1. The van der Waals surface area contributed by atoms with E-state index in [2.05, 4.69) is 16.9 Å². The summed E-state index contributed by atoms with van der Waals surface area (Å²) < 4.78 is 0. The Bertz CT molecular complexity index is 457. The Balaban J connectivity index is 2.35. The van der Waals surface area contributed by atoms with Crippen LogP contribution in [0, 0.1) is 0 Å². The maximum Gasteiger partial charge on any atom is 0.226 e. The molecule has 0 radical (unpaired) electrons. The van der Waals surface area contributed by atoms with Crippen LogP contribution >= 0.6 is 22.9 Å². The largest absolute Gasteiger partial charge is 0.340 e. The first kappa shape index (κ1) is 10.6. The molecular weight excluding hydrogens is 230 g/mol. The Morgan fingerprint density at radius 2 is 2.40 bits per heavy atom. The third-order valence-electron chi connectivity index (χ3n) is 2.39. The number of nitrogens with zero attached hydrogens (tertiary/aromatic N) is 3. The number of hydrogen-bond donors (Lipinski definition) is 0. The van der Waals surface area contributed by atoms with Crippen LogP contribution in [0.2, 0.25) is 0 Å². The van der Waals surface area contributed by atoms with Crippen molar-refractivity contribution in [2.24, 2.45) is 0 Å². The summed E-state index contributed by atoms with van der Waals surface area (Å²) >= 11 is 7.43. The fourth-order valence-electron chi connectivity index (χ4n) is 1.22. The van der Waals surface area contributed by atoms with E-state index in [1.165, 1.54) is 0 Å². The van der Waals surface area contributed by atoms with Crippen LogP contribution in [0.25, 0.3) is 10.2 Å². The predicted molar refractivity (Wildman–Crippen MR) is 66.0 cm³/mol. The summed E-state index contributed by atoms with van der Waals surface area (Å²) in [7, 11) is 1.96. The van der Waals surface area contributed by atoms with E-state index in [4.69, 9.17) is 11.6 Å². The van der Waals surface area contributed by atoms with Crippen molar-refractivity contribution in [3.05, 3.63) is 17.6 Å². The highest BCUT2D eigenvalue weighted by Crippen LogP contribution is 2.20. The molecule has 80 valence electrons. The molecule has 0 amide bonds. The summed E-state index contributed by atoms with van der Waals surface area (Å²) in [6.45, 7) is 2.05. The van der Waals surface area contributed by atoms with Gasteiger partial charge < -0.3 is 4.90 Å². The Kier molecular flexibility index (Phi) is 3.07. The number of halogens is 1. The molecule has 0 saturated carbocycles. The Labute approximate surface area is 97.7 Å². The fraction of sp³-hybridized carbons (Fsp3) is 0.400.